The first-order valence-corrected chi connectivity index (χ1v) is 5.21. The van der Waals surface area contributed by atoms with E-state index in [0.29, 0.717) is 10.9 Å². The van der Waals surface area contributed by atoms with Crippen LogP contribution in [0.3, 0.4) is 0 Å². The van der Waals surface area contributed by atoms with E-state index in [-0.39, 0.29) is 16.5 Å². The van der Waals surface area contributed by atoms with E-state index in [2.05, 4.69) is 6.58 Å². The third kappa shape index (κ3) is 1.73. The van der Waals surface area contributed by atoms with Crippen molar-refractivity contribution in [2.24, 2.45) is 0 Å². The van der Waals surface area contributed by atoms with Crippen molar-refractivity contribution in [2.75, 3.05) is 0 Å². The van der Waals surface area contributed by atoms with E-state index >= 15 is 0 Å². The van der Waals surface area contributed by atoms with Gasteiger partial charge in [0.2, 0.25) is 0 Å². The molecule has 2 rings (SSSR count). The van der Waals surface area contributed by atoms with Crippen LogP contribution in [0.2, 0.25) is 0 Å². The number of aromatic carboxylic acids is 2. The van der Waals surface area contributed by atoms with E-state index in [0.717, 1.165) is 0 Å². The fourth-order valence-electron chi connectivity index (χ4n) is 1.97. The van der Waals surface area contributed by atoms with Gasteiger partial charge in [-0.1, -0.05) is 36.9 Å². The van der Waals surface area contributed by atoms with Crippen molar-refractivity contribution < 1.29 is 19.8 Å². The zero-order valence-electron chi connectivity index (χ0n) is 9.38. The first-order valence-electron chi connectivity index (χ1n) is 5.21. The van der Waals surface area contributed by atoms with Crippen LogP contribution in [-0.2, 0) is 0 Å². The molecule has 0 saturated heterocycles. The number of hydrogen-bond acceptors (Lipinski definition) is 2. The van der Waals surface area contributed by atoms with Crippen molar-refractivity contribution in [1.29, 1.82) is 0 Å². The predicted octanol–water partition coefficient (Wildman–Crippen LogP) is 2.88. The molecule has 0 saturated carbocycles. The minimum Gasteiger partial charge on any atom is -0.478 e. The molecule has 4 nitrogen and oxygen atoms in total. The molecule has 2 aromatic rings. The van der Waals surface area contributed by atoms with Crippen molar-refractivity contribution in [2.45, 2.75) is 0 Å². The molecule has 0 aliphatic carbocycles. The molecule has 2 aromatic carbocycles. The third-order valence-corrected chi connectivity index (χ3v) is 2.74. The van der Waals surface area contributed by atoms with Crippen LogP contribution >= 0.6 is 0 Å². The quantitative estimate of drug-likeness (QED) is 0.867. The highest BCUT2D eigenvalue weighted by molar-refractivity contribution is 6.14. The van der Waals surface area contributed by atoms with E-state index in [1.165, 1.54) is 12.1 Å². The fourth-order valence-corrected chi connectivity index (χ4v) is 1.97. The van der Waals surface area contributed by atoms with E-state index in [4.69, 9.17) is 5.11 Å². The van der Waals surface area contributed by atoms with Gasteiger partial charge in [0.25, 0.3) is 0 Å². The molecule has 0 radical (unpaired) electrons. The Balaban J connectivity index is 3.02. The summed E-state index contributed by atoms with van der Waals surface area (Å²) in [5.41, 5.74) is 0.359. The average Bonchev–Trinajstić information content (AvgIpc) is 2.35. The molecule has 4 heteroatoms. The molecule has 0 unspecified atom stereocenters. The Morgan fingerprint density at radius 2 is 1.78 bits per heavy atom. The second kappa shape index (κ2) is 4.33. The Bertz CT molecular complexity index is 671. The first kappa shape index (κ1) is 11.9. The number of benzene rings is 2. The van der Waals surface area contributed by atoms with Crippen LogP contribution in [0.4, 0.5) is 0 Å². The summed E-state index contributed by atoms with van der Waals surface area (Å²) < 4.78 is 0. The summed E-state index contributed by atoms with van der Waals surface area (Å²) in [5, 5.41) is 19.2. The Hall–Kier alpha value is -2.62. The number of carboxylic acids is 2. The molecule has 18 heavy (non-hydrogen) atoms. The summed E-state index contributed by atoms with van der Waals surface area (Å²) in [6.45, 7) is 3.54. The van der Waals surface area contributed by atoms with E-state index in [1.807, 2.05) is 0 Å². The molecule has 0 bridgehead atoms. The van der Waals surface area contributed by atoms with Gasteiger partial charge in [-0.3, -0.25) is 0 Å². The van der Waals surface area contributed by atoms with Gasteiger partial charge in [-0.25, -0.2) is 9.59 Å². The number of hydrogen-bond donors (Lipinski definition) is 2. The summed E-state index contributed by atoms with van der Waals surface area (Å²) in [4.78, 5) is 22.5. The van der Waals surface area contributed by atoms with Gasteiger partial charge in [0.05, 0.1) is 11.1 Å². The van der Waals surface area contributed by atoms with Crippen LogP contribution in [0.25, 0.3) is 16.8 Å². The molecule has 0 aromatic heterocycles. The fraction of sp³-hybridized carbons (Fsp3) is 0. The van der Waals surface area contributed by atoms with E-state index < -0.39 is 11.9 Å². The summed E-state index contributed by atoms with van der Waals surface area (Å²) >= 11 is 0. The molecule has 0 amide bonds. The summed E-state index contributed by atoms with van der Waals surface area (Å²) in [5.74, 6) is -2.31. The SMILES string of the molecule is C=Cc1ccc2cccc(C(=O)O)c2c1C(=O)O. The zero-order chi connectivity index (χ0) is 13.3. The average molecular weight is 242 g/mol. The molecular weight excluding hydrogens is 232 g/mol. The molecule has 0 aliphatic rings. The summed E-state index contributed by atoms with van der Waals surface area (Å²) in [6, 6.07) is 7.96. The van der Waals surface area contributed by atoms with Gasteiger partial charge in [0, 0.05) is 5.39 Å². The van der Waals surface area contributed by atoms with Crippen LogP contribution in [0, 0.1) is 0 Å². The monoisotopic (exact) mass is 242 g/mol. The maximum atomic E-state index is 11.3. The first-order chi connectivity index (χ1) is 8.56. The molecular formula is C14H10O4. The maximum absolute atomic E-state index is 11.3. The lowest BCUT2D eigenvalue weighted by Crippen LogP contribution is -2.06. The standard InChI is InChI=1S/C14H10O4/c1-2-8-6-7-9-4-3-5-10(13(15)16)11(9)12(8)14(17)18/h2-7H,1H2,(H,15,16)(H,17,18). The van der Waals surface area contributed by atoms with Crippen LogP contribution in [0.15, 0.2) is 36.9 Å². The van der Waals surface area contributed by atoms with Gasteiger partial charge in [-0.2, -0.15) is 0 Å². The summed E-state index contributed by atoms with van der Waals surface area (Å²) in [6.07, 6.45) is 1.40. The van der Waals surface area contributed by atoms with Crippen LogP contribution in [0.1, 0.15) is 26.3 Å². The number of fused-ring (bicyclic) bond motifs is 1. The minimum absolute atomic E-state index is 0.0198. The van der Waals surface area contributed by atoms with Gasteiger partial charge in [-0.15, -0.1) is 0 Å². The topological polar surface area (TPSA) is 74.6 Å². The number of rotatable bonds is 3. The minimum atomic E-state index is -1.16. The predicted molar refractivity (Wildman–Crippen MR) is 68.0 cm³/mol. The highest BCUT2D eigenvalue weighted by Gasteiger charge is 2.18. The lowest BCUT2D eigenvalue weighted by Gasteiger charge is -2.09. The Labute approximate surface area is 103 Å². The number of carbonyl (C=O) groups is 2. The Kier molecular flexibility index (Phi) is 2.85. The van der Waals surface area contributed by atoms with Gasteiger partial charge in [0.1, 0.15) is 0 Å². The molecule has 0 atom stereocenters. The van der Waals surface area contributed by atoms with Crippen molar-refractivity contribution in [3.63, 3.8) is 0 Å². The Morgan fingerprint density at radius 3 is 2.33 bits per heavy atom. The normalized spacial score (nSPS) is 10.2. The van der Waals surface area contributed by atoms with Crippen molar-refractivity contribution in [1.82, 2.24) is 0 Å². The molecule has 0 spiro atoms. The number of carboxylic acid groups (broad SMARTS) is 2. The van der Waals surface area contributed by atoms with E-state index in [9.17, 15) is 14.7 Å². The molecule has 2 N–H and O–H groups in total. The van der Waals surface area contributed by atoms with Gasteiger partial charge < -0.3 is 10.2 Å². The van der Waals surface area contributed by atoms with Crippen LogP contribution < -0.4 is 0 Å². The molecule has 0 aliphatic heterocycles. The second-order valence-corrected chi connectivity index (χ2v) is 3.75. The van der Waals surface area contributed by atoms with Gasteiger partial charge in [0.15, 0.2) is 0 Å². The molecule has 0 heterocycles. The molecule has 90 valence electrons. The largest absolute Gasteiger partial charge is 0.478 e. The van der Waals surface area contributed by atoms with Crippen molar-refractivity contribution in [3.8, 4) is 0 Å². The second-order valence-electron chi connectivity index (χ2n) is 3.75. The van der Waals surface area contributed by atoms with Crippen molar-refractivity contribution >= 4 is 28.8 Å². The smallest absolute Gasteiger partial charge is 0.336 e. The Morgan fingerprint density at radius 1 is 1.06 bits per heavy atom. The lowest BCUT2D eigenvalue weighted by molar-refractivity contribution is 0.0695. The zero-order valence-corrected chi connectivity index (χ0v) is 9.38. The van der Waals surface area contributed by atoms with E-state index in [1.54, 1.807) is 24.3 Å². The lowest BCUT2D eigenvalue weighted by atomic mass is 9.95. The highest BCUT2D eigenvalue weighted by atomic mass is 16.4. The van der Waals surface area contributed by atoms with Crippen LogP contribution in [-0.4, -0.2) is 22.2 Å². The highest BCUT2D eigenvalue weighted by Crippen LogP contribution is 2.27. The molecule has 0 fully saturated rings. The van der Waals surface area contributed by atoms with Crippen molar-refractivity contribution in [3.05, 3.63) is 53.6 Å². The van der Waals surface area contributed by atoms with Gasteiger partial charge in [-0.05, 0) is 17.0 Å². The summed E-state index contributed by atoms with van der Waals surface area (Å²) in [7, 11) is 0. The maximum Gasteiger partial charge on any atom is 0.336 e. The van der Waals surface area contributed by atoms with Gasteiger partial charge >= 0.3 is 11.9 Å². The van der Waals surface area contributed by atoms with Crippen LogP contribution in [0.5, 0.6) is 0 Å². The third-order valence-electron chi connectivity index (χ3n) is 2.74.